The first-order valence-electron chi connectivity index (χ1n) is 10.4. The Bertz CT molecular complexity index is 1220. The van der Waals surface area contributed by atoms with Gasteiger partial charge in [0.1, 0.15) is 5.69 Å². The summed E-state index contributed by atoms with van der Waals surface area (Å²) in [5.74, 6) is -0.503. The highest BCUT2D eigenvalue weighted by molar-refractivity contribution is 6.31. The summed E-state index contributed by atoms with van der Waals surface area (Å²) >= 11 is 6.10. The van der Waals surface area contributed by atoms with Gasteiger partial charge in [0, 0.05) is 35.8 Å². The molecule has 0 bridgehead atoms. The van der Waals surface area contributed by atoms with Crippen molar-refractivity contribution in [3.05, 3.63) is 92.9 Å². The smallest absolute Gasteiger partial charge is 0.278 e. The van der Waals surface area contributed by atoms with E-state index in [9.17, 15) is 14.4 Å². The zero-order valence-electron chi connectivity index (χ0n) is 17.6. The zero-order valence-corrected chi connectivity index (χ0v) is 18.4. The fourth-order valence-electron chi connectivity index (χ4n) is 3.85. The van der Waals surface area contributed by atoms with Gasteiger partial charge in [0.15, 0.2) is 0 Å². The minimum Gasteiger partial charge on any atom is -0.352 e. The number of rotatable bonds is 6. The first kappa shape index (κ1) is 21.8. The van der Waals surface area contributed by atoms with Gasteiger partial charge < -0.3 is 10.2 Å². The second-order valence-electron chi connectivity index (χ2n) is 7.76. The molecule has 1 aliphatic rings. The van der Waals surface area contributed by atoms with Crippen LogP contribution in [0.5, 0.6) is 0 Å². The molecule has 164 valence electrons. The molecule has 0 spiro atoms. The van der Waals surface area contributed by atoms with Crippen molar-refractivity contribution in [2.45, 2.75) is 38.9 Å². The maximum absolute atomic E-state index is 13.2. The van der Waals surface area contributed by atoms with Crippen molar-refractivity contribution in [2.24, 2.45) is 0 Å². The van der Waals surface area contributed by atoms with Crippen LogP contribution >= 0.6 is 11.6 Å². The molecule has 0 radical (unpaired) electrons. The quantitative estimate of drug-likeness (QED) is 0.625. The van der Waals surface area contributed by atoms with Crippen LogP contribution in [0.3, 0.4) is 0 Å². The van der Waals surface area contributed by atoms with E-state index >= 15 is 0 Å². The molecule has 0 aliphatic carbocycles. The van der Waals surface area contributed by atoms with Gasteiger partial charge in [-0.1, -0.05) is 48.0 Å². The minimum atomic E-state index is -0.365. The average Bonchev–Trinajstić information content (AvgIpc) is 3.13. The molecule has 7 nitrogen and oxygen atoms in total. The Morgan fingerprint density at radius 3 is 2.66 bits per heavy atom. The Morgan fingerprint density at radius 1 is 1.09 bits per heavy atom. The second kappa shape index (κ2) is 9.36. The van der Waals surface area contributed by atoms with Crippen LogP contribution in [-0.2, 0) is 24.3 Å². The molecule has 0 fully saturated rings. The monoisotopic (exact) mass is 450 g/mol. The van der Waals surface area contributed by atoms with E-state index in [-0.39, 0.29) is 42.1 Å². The Labute approximate surface area is 190 Å². The minimum absolute atomic E-state index is 0.00216. The first-order chi connectivity index (χ1) is 15.4. The summed E-state index contributed by atoms with van der Waals surface area (Å²) < 4.78 is 1.16. The van der Waals surface area contributed by atoms with E-state index in [2.05, 4.69) is 10.4 Å². The van der Waals surface area contributed by atoms with Crippen LogP contribution in [-0.4, -0.2) is 27.6 Å². The number of halogens is 1. The molecule has 0 saturated carbocycles. The number of fused-ring (bicyclic) bond motifs is 1. The van der Waals surface area contributed by atoms with E-state index in [1.54, 1.807) is 11.0 Å². The van der Waals surface area contributed by atoms with Gasteiger partial charge in [-0.25, -0.2) is 4.68 Å². The summed E-state index contributed by atoms with van der Waals surface area (Å²) in [6.07, 6.45) is 0.825. The van der Waals surface area contributed by atoms with Crippen LogP contribution in [0.2, 0.25) is 5.02 Å². The van der Waals surface area contributed by atoms with E-state index in [4.69, 9.17) is 11.6 Å². The standard InChI is InChI=1S/C24H23ClN4O3/c1-16-14-17-6-3-5-9-21(17)29(16)24(32)20-10-11-23(31)28(27-20)13-12-22(30)26-15-18-7-2-4-8-19(18)25/h2-11,16H,12-15H2,1H3,(H,26,30)/t16-/m0/s1. The summed E-state index contributed by atoms with van der Waals surface area (Å²) in [5, 5.41) is 7.61. The Kier molecular flexibility index (Phi) is 6.37. The van der Waals surface area contributed by atoms with Crippen molar-refractivity contribution in [2.75, 3.05) is 4.90 Å². The fourth-order valence-corrected chi connectivity index (χ4v) is 4.06. The number of anilines is 1. The molecular weight excluding hydrogens is 428 g/mol. The number of hydrogen-bond donors (Lipinski definition) is 1. The summed E-state index contributed by atoms with van der Waals surface area (Å²) in [4.78, 5) is 39.4. The molecule has 2 amide bonds. The van der Waals surface area contributed by atoms with Crippen LogP contribution in [0, 0.1) is 0 Å². The lowest BCUT2D eigenvalue weighted by Crippen LogP contribution is -2.38. The molecule has 1 N–H and O–H groups in total. The predicted molar refractivity (Wildman–Crippen MR) is 123 cm³/mol. The van der Waals surface area contributed by atoms with Gasteiger partial charge in [-0.05, 0) is 42.7 Å². The van der Waals surface area contributed by atoms with Gasteiger partial charge >= 0.3 is 0 Å². The van der Waals surface area contributed by atoms with Crippen LogP contribution in [0.15, 0.2) is 65.5 Å². The fraction of sp³-hybridized carbons (Fsp3) is 0.250. The summed E-state index contributed by atoms with van der Waals surface area (Å²) in [6, 6.07) is 17.8. The van der Waals surface area contributed by atoms with Crippen molar-refractivity contribution in [3.63, 3.8) is 0 Å². The van der Waals surface area contributed by atoms with Gasteiger partial charge in [-0.15, -0.1) is 0 Å². The Morgan fingerprint density at radius 2 is 1.84 bits per heavy atom. The summed E-state index contributed by atoms with van der Waals surface area (Å²) in [7, 11) is 0. The van der Waals surface area contributed by atoms with Crippen LogP contribution in [0.4, 0.5) is 5.69 Å². The third kappa shape index (κ3) is 4.57. The van der Waals surface area contributed by atoms with Crippen LogP contribution in [0.1, 0.15) is 35.0 Å². The van der Waals surface area contributed by atoms with Gasteiger partial charge in [-0.3, -0.25) is 14.4 Å². The van der Waals surface area contributed by atoms with Gasteiger partial charge in [-0.2, -0.15) is 5.10 Å². The van der Waals surface area contributed by atoms with Gasteiger partial charge in [0.05, 0.1) is 6.54 Å². The van der Waals surface area contributed by atoms with E-state index in [1.807, 2.05) is 49.4 Å². The van der Waals surface area contributed by atoms with Gasteiger partial charge in [0.2, 0.25) is 5.91 Å². The highest BCUT2D eigenvalue weighted by Gasteiger charge is 2.32. The lowest BCUT2D eigenvalue weighted by molar-refractivity contribution is -0.121. The highest BCUT2D eigenvalue weighted by atomic mass is 35.5. The van der Waals surface area contributed by atoms with Crippen LogP contribution in [0.25, 0.3) is 0 Å². The number of benzene rings is 2. The molecule has 0 saturated heterocycles. The average molecular weight is 451 g/mol. The molecule has 32 heavy (non-hydrogen) atoms. The molecule has 1 aromatic heterocycles. The normalized spacial score (nSPS) is 14.8. The topological polar surface area (TPSA) is 84.3 Å². The molecule has 2 heterocycles. The number of para-hydroxylation sites is 1. The van der Waals surface area contributed by atoms with Gasteiger partial charge in [0.25, 0.3) is 11.5 Å². The summed E-state index contributed by atoms with van der Waals surface area (Å²) in [5.41, 5.74) is 2.59. The van der Waals surface area contributed by atoms with Crippen molar-refractivity contribution >= 4 is 29.1 Å². The molecule has 2 aromatic carbocycles. The number of aryl methyl sites for hydroxylation is 1. The number of amides is 2. The number of nitrogens with one attached hydrogen (secondary N) is 1. The first-order valence-corrected chi connectivity index (χ1v) is 10.8. The predicted octanol–water partition coefficient (Wildman–Crippen LogP) is 3.19. The number of carbonyl (C=O) groups is 2. The van der Waals surface area contributed by atoms with Crippen molar-refractivity contribution in [3.8, 4) is 0 Å². The van der Waals surface area contributed by atoms with Crippen molar-refractivity contribution in [1.82, 2.24) is 15.1 Å². The Hall–Kier alpha value is -3.45. The number of carbonyl (C=O) groups excluding carboxylic acids is 2. The number of hydrogen-bond acceptors (Lipinski definition) is 4. The lowest BCUT2D eigenvalue weighted by Gasteiger charge is -2.22. The van der Waals surface area contributed by atoms with E-state index in [0.717, 1.165) is 27.9 Å². The number of aromatic nitrogens is 2. The molecule has 0 unspecified atom stereocenters. The van der Waals surface area contributed by atoms with E-state index < -0.39 is 0 Å². The molecule has 1 atom stereocenters. The molecule has 3 aromatic rings. The highest BCUT2D eigenvalue weighted by Crippen LogP contribution is 2.32. The largest absolute Gasteiger partial charge is 0.352 e. The molecule has 8 heteroatoms. The van der Waals surface area contributed by atoms with E-state index in [0.29, 0.717) is 11.6 Å². The maximum atomic E-state index is 13.2. The Balaban J connectivity index is 1.43. The van der Waals surface area contributed by atoms with Crippen LogP contribution < -0.4 is 15.8 Å². The zero-order chi connectivity index (χ0) is 22.7. The van der Waals surface area contributed by atoms with Crippen molar-refractivity contribution < 1.29 is 9.59 Å². The SMILES string of the molecule is C[C@H]1Cc2ccccc2N1C(=O)c1ccc(=O)n(CCC(=O)NCc2ccccc2Cl)n1. The number of nitrogens with zero attached hydrogens (tertiary/aromatic N) is 3. The maximum Gasteiger partial charge on any atom is 0.278 e. The summed E-state index contributed by atoms with van der Waals surface area (Å²) in [6.45, 7) is 2.35. The van der Waals surface area contributed by atoms with E-state index in [1.165, 1.54) is 12.1 Å². The molecule has 1 aliphatic heterocycles. The molecule has 4 rings (SSSR count). The van der Waals surface area contributed by atoms with Crippen molar-refractivity contribution in [1.29, 1.82) is 0 Å². The second-order valence-corrected chi connectivity index (χ2v) is 8.16. The lowest BCUT2D eigenvalue weighted by atomic mass is 10.1. The third-order valence-corrected chi connectivity index (χ3v) is 5.87. The third-order valence-electron chi connectivity index (χ3n) is 5.50. The molecular formula is C24H23ClN4O3.